The highest BCUT2D eigenvalue weighted by Crippen LogP contribution is 2.24. The standard InChI is InChI=1S/C32H40N2O3/c1-22-17-24(3)25(4)29(18-22)37-21-30(35)34(20-27-16-12-11-13-23(27)2)28(31(36)33-32(5,6)7)19-26-14-9-8-10-15-26/h8-18,28H,19-21H2,1-7H3,(H,33,36). The molecular weight excluding hydrogens is 460 g/mol. The Morgan fingerprint density at radius 2 is 1.54 bits per heavy atom. The average Bonchev–Trinajstić information content (AvgIpc) is 2.83. The highest BCUT2D eigenvalue weighted by Gasteiger charge is 2.32. The van der Waals surface area contributed by atoms with Gasteiger partial charge in [0.1, 0.15) is 11.8 Å². The second-order valence-electron chi connectivity index (χ2n) is 10.9. The Balaban J connectivity index is 1.97. The molecule has 0 aromatic heterocycles. The molecule has 0 bridgehead atoms. The van der Waals surface area contributed by atoms with E-state index < -0.39 is 11.6 Å². The lowest BCUT2D eigenvalue weighted by Gasteiger charge is -2.34. The smallest absolute Gasteiger partial charge is 0.261 e. The number of benzene rings is 3. The molecule has 37 heavy (non-hydrogen) atoms. The first-order chi connectivity index (χ1) is 17.4. The first kappa shape index (κ1) is 28.0. The molecule has 196 valence electrons. The van der Waals surface area contributed by atoms with Crippen molar-refractivity contribution in [3.05, 3.63) is 100 Å². The Labute approximate surface area is 221 Å². The van der Waals surface area contributed by atoms with Crippen LogP contribution < -0.4 is 10.1 Å². The van der Waals surface area contributed by atoms with Crippen molar-refractivity contribution in [3.8, 4) is 5.75 Å². The van der Waals surface area contributed by atoms with E-state index in [4.69, 9.17) is 4.74 Å². The van der Waals surface area contributed by atoms with Gasteiger partial charge in [0.25, 0.3) is 5.91 Å². The SMILES string of the molecule is Cc1cc(C)c(C)c(OCC(=O)N(Cc2ccccc2C)C(Cc2ccccc2)C(=O)NC(C)(C)C)c1. The first-order valence-electron chi connectivity index (χ1n) is 12.8. The van der Waals surface area contributed by atoms with E-state index in [0.717, 1.165) is 33.4 Å². The molecule has 0 aliphatic rings. The van der Waals surface area contributed by atoms with E-state index in [0.29, 0.717) is 18.7 Å². The van der Waals surface area contributed by atoms with Gasteiger partial charge in [0.15, 0.2) is 6.61 Å². The van der Waals surface area contributed by atoms with E-state index >= 15 is 0 Å². The molecule has 0 spiro atoms. The lowest BCUT2D eigenvalue weighted by Crippen LogP contribution is -2.55. The number of nitrogens with zero attached hydrogens (tertiary/aromatic N) is 1. The monoisotopic (exact) mass is 500 g/mol. The second kappa shape index (κ2) is 12.1. The molecule has 1 N–H and O–H groups in total. The average molecular weight is 501 g/mol. The minimum atomic E-state index is -0.697. The van der Waals surface area contributed by atoms with Crippen LogP contribution in [-0.4, -0.2) is 34.9 Å². The van der Waals surface area contributed by atoms with E-state index in [9.17, 15) is 9.59 Å². The van der Waals surface area contributed by atoms with E-state index in [1.165, 1.54) is 0 Å². The molecule has 0 aliphatic heterocycles. The third-order valence-electron chi connectivity index (χ3n) is 6.49. The molecule has 3 aromatic carbocycles. The maximum atomic E-state index is 13.8. The molecule has 5 heteroatoms. The summed E-state index contributed by atoms with van der Waals surface area (Å²) in [6.45, 7) is 14.1. The van der Waals surface area contributed by atoms with Crippen LogP contribution in [0.3, 0.4) is 0 Å². The lowest BCUT2D eigenvalue weighted by molar-refractivity contribution is -0.143. The quantitative estimate of drug-likeness (QED) is 0.401. The predicted molar refractivity (Wildman–Crippen MR) is 150 cm³/mol. The van der Waals surface area contributed by atoms with Crippen molar-refractivity contribution in [2.24, 2.45) is 0 Å². The molecule has 0 aliphatic carbocycles. The van der Waals surface area contributed by atoms with Crippen molar-refractivity contribution < 1.29 is 14.3 Å². The van der Waals surface area contributed by atoms with Crippen LogP contribution in [0.15, 0.2) is 66.7 Å². The van der Waals surface area contributed by atoms with Crippen molar-refractivity contribution in [2.75, 3.05) is 6.61 Å². The van der Waals surface area contributed by atoms with Crippen molar-refractivity contribution in [1.82, 2.24) is 10.2 Å². The maximum Gasteiger partial charge on any atom is 0.261 e. The van der Waals surface area contributed by atoms with E-state index in [1.807, 2.05) is 109 Å². The lowest BCUT2D eigenvalue weighted by atomic mass is 10.00. The molecular formula is C32H40N2O3. The number of nitrogens with one attached hydrogen (secondary N) is 1. The number of hydrogen-bond acceptors (Lipinski definition) is 3. The number of carbonyl (C=O) groups is 2. The first-order valence-corrected chi connectivity index (χ1v) is 12.8. The number of carbonyl (C=O) groups excluding carboxylic acids is 2. The number of hydrogen-bond donors (Lipinski definition) is 1. The molecule has 0 saturated carbocycles. The van der Waals surface area contributed by atoms with E-state index in [1.54, 1.807) is 4.90 Å². The summed E-state index contributed by atoms with van der Waals surface area (Å²) < 4.78 is 6.07. The molecule has 0 heterocycles. The Morgan fingerprint density at radius 1 is 0.892 bits per heavy atom. The Hall–Kier alpha value is -3.60. The minimum absolute atomic E-state index is 0.149. The van der Waals surface area contributed by atoms with Crippen LogP contribution in [0.2, 0.25) is 0 Å². The van der Waals surface area contributed by atoms with Gasteiger partial charge in [-0.25, -0.2) is 0 Å². The maximum absolute atomic E-state index is 13.8. The molecule has 1 unspecified atom stereocenters. The van der Waals surface area contributed by atoms with Crippen molar-refractivity contribution in [1.29, 1.82) is 0 Å². The van der Waals surface area contributed by atoms with Gasteiger partial charge in [-0.3, -0.25) is 9.59 Å². The summed E-state index contributed by atoms with van der Waals surface area (Å²) in [5, 5.41) is 3.10. The molecule has 0 saturated heterocycles. The Morgan fingerprint density at radius 3 is 2.19 bits per heavy atom. The van der Waals surface area contributed by atoms with Crippen LogP contribution in [0.4, 0.5) is 0 Å². The van der Waals surface area contributed by atoms with E-state index in [2.05, 4.69) is 11.4 Å². The Bertz CT molecular complexity index is 1230. The van der Waals surface area contributed by atoms with Gasteiger partial charge in [-0.1, -0.05) is 60.7 Å². The topological polar surface area (TPSA) is 58.6 Å². The summed E-state index contributed by atoms with van der Waals surface area (Å²) in [5.41, 5.74) is 5.83. The van der Waals surface area contributed by atoms with Gasteiger partial charge in [-0.2, -0.15) is 0 Å². The predicted octanol–water partition coefficient (Wildman–Crippen LogP) is 5.85. The molecule has 0 fully saturated rings. The molecule has 0 radical (unpaired) electrons. The van der Waals surface area contributed by atoms with Crippen LogP contribution in [0, 0.1) is 27.7 Å². The van der Waals surface area contributed by atoms with E-state index in [-0.39, 0.29) is 18.4 Å². The molecule has 3 rings (SSSR count). The van der Waals surface area contributed by atoms with Crippen molar-refractivity contribution in [2.45, 2.75) is 73.0 Å². The zero-order valence-corrected chi connectivity index (χ0v) is 23.2. The Kier molecular flexibility index (Phi) is 9.14. The number of aryl methyl sites for hydroxylation is 3. The number of amides is 2. The zero-order chi connectivity index (χ0) is 27.2. The molecule has 1 atom stereocenters. The highest BCUT2D eigenvalue weighted by molar-refractivity contribution is 5.89. The minimum Gasteiger partial charge on any atom is -0.483 e. The normalized spacial score (nSPS) is 12.1. The van der Waals surface area contributed by atoms with Gasteiger partial charge in [-0.15, -0.1) is 0 Å². The van der Waals surface area contributed by atoms with Crippen LogP contribution in [-0.2, 0) is 22.6 Å². The third kappa shape index (κ3) is 7.94. The van der Waals surface area contributed by atoms with Gasteiger partial charge in [0.05, 0.1) is 0 Å². The number of ether oxygens (including phenoxy) is 1. The van der Waals surface area contributed by atoms with Crippen LogP contribution in [0.5, 0.6) is 5.75 Å². The van der Waals surface area contributed by atoms with Crippen LogP contribution >= 0.6 is 0 Å². The van der Waals surface area contributed by atoms with Gasteiger partial charge in [0, 0.05) is 18.5 Å². The zero-order valence-electron chi connectivity index (χ0n) is 23.2. The van der Waals surface area contributed by atoms with Crippen molar-refractivity contribution >= 4 is 11.8 Å². The summed E-state index contributed by atoms with van der Waals surface area (Å²) >= 11 is 0. The summed E-state index contributed by atoms with van der Waals surface area (Å²) in [4.78, 5) is 29.2. The fourth-order valence-electron chi connectivity index (χ4n) is 4.35. The van der Waals surface area contributed by atoms with Gasteiger partial charge < -0.3 is 15.0 Å². The van der Waals surface area contributed by atoms with Gasteiger partial charge in [0.2, 0.25) is 5.91 Å². The van der Waals surface area contributed by atoms with Crippen LogP contribution in [0.25, 0.3) is 0 Å². The molecule has 2 amide bonds. The van der Waals surface area contributed by atoms with Gasteiger partial charge in [-0.05, 0) is 87.9 Å². The van der Waals surface area contributed by atoms with Crippen LogP contribution in [0.1, 0.15) is 54.2 Å². The summed E-state index contributed by atoms with van der Waals surface area (Å²) in [5.74, 6) is 0.285. The second-order valence-corrected chi connectivity index (χ2v) is 10.9. The summed E-state index contributed by atoms with van der Waals surface area (Å²) in [6, 6.07) is 21.2. The largest absolute Gasteiger partial charge is 0.483 e. The fourth-order valence-corrected chi connectivity index (χ4v) is 4.35. The van der Waals surface area contributed by atoms with Gasteiger partial charge >= 0.3 is 0 Å². The van der Waals surface area contributed by atoms with Crippen molar-refractivity contribution in [3.63, 3.8) is 0 Å². The molecule has 3 aromatic rings. The molecule has 5 nitrogen and oxygen atoms in total. The third-order valence-corrected chi connectivity index (χ3v) is 6.49. The summed E-state index contributed by atoms with van der Waals surface area (Å²) in [6.07, 6.45) is 0.406. The fraction of sp³-hybridized carbons (Fsp3) is 0.375. The highest BCUT2D eigenvalue weighted by atomic mass is 16.5. The summed E-state index contributed by atoms with van der Waals surface area (Å²) in [7, 11) is 0. The number of rotatable bonds is 9.